The Morgan fingerprint density at radius 3 is 2.85 bits per heavy atom. The van der Waals surface area contributed by atoms with Gasteiger partial charge in [0.15, 0.2) is 5.84 Å². The van der Waals surface area contributed by atoms with Crippen LogP contribution in [0.5, 0.6) is 0 Å². The monoisotopic (exact) mass is 397 g/mol. The van der Waals surface area contributed by atoms with E-state index >= 15 is 0 Å². The summed E-state index contributed by atoms with van der Waals surface area (Å²) in [4.78, 5) is 27.3. The highest BCUT2D eigenvalue weighted by Gasteiger charge is 2.21. The Bertz CT molecular complexity index is 1040. The highest BCUT2D eigenvalue weighted by atomic mass is 35.5. The van der Waals surface area contributed by atoms with E-state index in [1.54, 1.807) is 24.4 Å². The number of urea groups is 1. The highest BCUT2D eigenvalue weighted by molar-refractivity contribution is 6.42. The van der Waals surface area contributed by atoms with Crippen LogP contribution in [-0.2, 0) is 6.54 Å². The summed E-state index contributed by atoms with van der Waals surface area (Å²) >= 11 is 11.9. The van der Waals surface area contributed by atoms with E-state index < -0.39 is 6.03 Å². The minimum Gasteiger partial charge on any atom is -0.313 e. The normalized spacial score (nSPS) is 16.4. The maximum atomic E-state index is 12.4. The third-order valence-corrected chi connectivity index (χ3v) is 4.72. The van der Waals surface area contributed by atoms with Crippen molar-refractivity contribution in [1.29, 1.82) is 0 Å². The van der Waals surface area contributed by atoms with Crippen molar-refractivity contribution in [1.82, 2.24) is 4.90 Å². The quantitative estimate of drug-likeness (QED) is 0.754. The van der Waals surface area contributed by atoms with Crippen LogP contribution >= 0.6 is 23.2 Å². The fourth-order valence-corrected chi connectivity index (χ4v) is 3.03. The summed E-state index contributed by atoms with van der Waals surface area (Å²) in [6, 6.07) is 11.9. The number of amidine groups is 1. The van der Waals surface area contributed by atoms with Crippen LogP contribution in [0.15, 0.2) is 69.7 Å². The van der Waals surface area contributed by atoms with Gasteiger partial charge in [-0.3, -0.25) is 0 Å². The molecule has 27 heavy (non-hydrogen) atoms. The van der Waals surface area contributed by atoms with Gasteiger partial charge in [-0.05, 0) is 29.8 Å². The van der Waals surface area contributed by atoms with Crippen molar-refractivity contribution < 1.29 is 4.79 Å². The van der Waals surface area contributed by atoms with Crippen LogP contribution in [0.25, 0.3) is 0 Å². The molecule has 2 aromatic carbocycles. The predicted molar refractivity (Wildman–Crippen MR) is 109 cm³/mol. The molecule has 0 radical (unpaired) electrons. The third-order valence-electron chi connectivity index (χ3n) is 3.98. The van der Waals surface area contributed by atoms with Gasteiger partial charge >= 0.3 is 6.03 Å². The number of rotatable bonds is 1. The second-order valence-corrected chi connectivity index (χ2v) is 6.63. The Labute approximate surface area is 165 Å². The number of allylic oxidation sites excluding steroid dienone is 1. The second kappa shape index (κ2) is 7.34. The van der Waals surface area contributed by atoms with E-state index in [2.05, 4.69) is 20.3 Å². The Kier molecular flexibility index (Phi) is 4.75. The lowest BCUT2D eigenvalue weighted by molar-refractivity contribution is 0.259. The van der Waals surface area contributed by atoms with Gasteiger partial charge in [0, 0.05) is 23.7 Å². The molecule has 0 aromatic heterocycles. The summed E-state index contributed by atoms with van der Waals surface area (Å²) < 4.78 is 0. The Morgan fingerprint density at radius 1 is 1.15 bits per heavy atom. The summed E-state index contributed by atoms with van der Waals surface area (Å²) in [5, 5.41) is 3.43. The largest absolute Gasteiger partial charge is 0.347 e. The lowest BCUT2D eigenvalue weighted by Crippen LogP contribution is -2.25. The van der Waals surface area contributed by atoms with Gasteiger partial charge in [-0.1, -0.05) is 47.5 Å². The van der Waals surface area contributed by atoms with Crippen LogP contribution in [0.3, 0.4) is 0 Å². The minimum atomic E-state index is -0.564. The topological polar surface area (TPSA) is 69.4 Å². The number of nitrogens with one attached hydrogen (secondary N) is 1. The first-order chi connectivity index (χ1) is 13.1. The summed E-state index contributed by atoms with van der Waals surface area (Å²) in [5.74, 6) is 0.780. The first-order valence-electron chi connectivity index (χ1n) is 8.09. The number of carbonyl (C=O) groups is 1. The third kappa shape index (κ3) is 3.77. The molecule has 0 saturated carbocycles. The molecule has 0 bridgehead atoms. The van der Waals surface area contributed by atoms with Crippen LogP contribution in [0, 0.1) is 0 Å². The van der Waals surface area contributed by atoms with Gasteiger partial charge < -0.3 is 10.2 Å². The van der Waals surface area contributed by atoms with Crippen molar-refractivity contribution in [3.05, 3.63) is 75.9 Å². The van der Waals surface area contributed by atoms with Crippen molar-refractivity contribution in [3.8, 4) is 0 Å². The van der Waals surface area contributed by atoms with Crippen LogP contribution in [0.4, 0.5) is 10.5 Å². The maximum Gasteiger partial charge on any atom is 0.347 e. The lowest BCUT2D eigenvalue weighted by Gasteiger charge is -2.19. The van der Waals surface area contributed by atoms with Crippen LogP contribution in [-0.4, -0.2) is 28.9 Å². The highest BCUT2D eigenvalue weighted by Crippen LogP contribution is 2.25. The summed E-state index contributed by atoms with van der Waals surface area (Å²) in [6.07, 6.45) is 5.38. The Balaban J connectivity index is 1.69. The van der Waals surface area contributed by atoms with Crippen LogP contribution in [0.2, 0.25) is 10.0 Å². The number of hydrogen-bond donors (Lipinski definition) is 1. The van der Waals surface area contributed by atoms with E-state index in [-0.39, 0.29) is 0 Å². The van der Waals surface area contributed by atoms with Gasteiger partial charge in [0.05, 0.1) is 16.6 Å². The maximum absolute atomic E-state index is 12.4. The standard InChI is InChI=1S/C19H13Cl2N5O/c20-15-7-6-13(10-16(15)21)23-19(27)25-17-14-5-2-1-4-12(14)11-26-9-3-8-22-18(26)24-17/h1-10H,11H2,(H,23,27)/b25-17-. The molecular weight excluding hydrogens is 385 g/mol. The molecule has 0 fully saturated rings. The number of carbonyl (C=O) groups excluding carboxylic acids is 1. The number of guanidine groups is 1. The molecule has 2 aromatic rings. The first-order valence-corrected chi connectivity index (χ1v) is 8.85. The summed E-state index contributed by atoms with van der Waals surface area (Å²) in [5.41, 5.74) is 2.28. The van der Waals surface area contributed by atoms with Gasteiger partial charge in [-0.2, -0.15) is 9.98 Å². The molecule has 1 N–H and O–H groups in total. The fourth-order valence-electron chi connectivity index (χ4n) is 2.73. The molecule has 0 unspecified atom stereocenters. The summed E-state index contributed by atoms with van der Waals surface area (Å²) in [7, 11) is 0. The van der Waals surface area contributed by atoms with E-state index in [0.29, 0.717) is 34.1 Å². The van der Waals surface area contributed by atoms with Crippen molar-refractivity contribution in [2.45, 2.75) is 6.54 Å². The summed E-state index contributed by atoms with van der Waals surface area (Å²) in [6.45, 7) is 0.594. The van der Waals surface area contributed by atoms with Crippen molar-refractivity contribution in [3.63, 3.8) is 0 Å². The van der Waals surface area contributed by atoms with Gasteiger partial charge in [0.1, 0.15) is 0 Å². The average molecular weight is 398 g/mol. The molecule has 0 spiro atoms. The number of hydrogen-bond acceptors (Lipinski definition) is 3. The lowest BCUT2D eigenvalue weighted by atomic mass is 10.1. The Hall–Kier alpha value is -2.96. The smallest absolute Gasteiger partial charge is 0.313 e. The minimum absolute atomic E-state index is 0.299. The predicted octanol–water partition coefficient (Wildman–Crippen LogP) is 4.74. The molecule has 2 amide bonds. The fraction of sp³-hybridized carbons (Fsp3) is 0.0526. The Morgan fingerprint density at radius 2 is 2.00 bits per heavy atom. The molecule has 0 atom stereocenters. The van der Waals surface area contributed by atoms with Crippen molar-refractivity contribution >= 4 is 52.9 Å². The molecular formula is C19H13Cl2N5O. The van der Waals surface area contributed by atoms with Crippen LogP contribution in [0.1, 0.15) is 11.1 Å². The molecule has 2 aliphatic rings. The molecule has 134 valence electrons. The number of amides is 2. The number of nitrogens with zero attached hydrogens (tertiary/aromatic N) is 4. The zero-order chi connectivity index (χ0) is 18.8. The van der Waals surface area contributed by atoms with E-state index in [9.17, 15) is 4.79 Å². The van der Waals surface area contributed by atoms with Crippen LogP contribution < -0.4 is 5.32 Å². The van der Waals surface area contributed by atoms with Gasteiger partial charge in [-0.25, -0.2) is 9.79 Å². The molecule has 6 nitrogen and oxygen atoms in total. The molecule has 4 rings (SSSR count). The van der Waals surface area contributed by atoms with Gasteiger partial charge in [0.25, 0.3) is 0 Å². The van der Waals surface area contributed by atoms with Gasteiger partial charge in [0.2, 0.25) is 5.96 Å². The number of anilines is 1. The second-order valence-electron chi connectivity index (χ2n) is 5.81. The first kappa shape index (κ1) is 17.5. The molecule has 2 aliphatic heterocycles. The number of halogens is 2. The van der Waals surface area contributed by atoms with Gasteiger partial charge in [-0.15, -0.1) is 0 Å². The number of fused-ring (bicyclic) bond motifs is 2. The van der Waals surface area contributed by atoms with Crippen molar-refractivity contribution in [2.75, 3.05) is 5.32 Å². The van der Waals surface area contributed by atoms with Crippen molar-refractivity contribution in [2.24, 2.45) is 15.0 Å². The SMILES string of the molecule is O=C(/N=C1\N=C2N=CC=CN2Cc2ccccc21)Nc1ccc(Cl)c(Cl)c1. The zero-order valence-corrected chi connectivity index (χ0v) is 15.4. The zero-order valence-electron chi connectivity index (χ0n) is 13.9. The molecule has 0 saturated heterocycles. The molecule has 8 heteroatoms. The van der Waals surface area contributed by atoms with E-state index in [0.717, 1.165) is 11.1 Å². The number of aliphatic imine (C=N–C) groups is 3. The van der Waals surface area contributed by atoms with E-state index in [4.69, 9.17) is 23.2 Å². The molecule has 2 heterocycles. The average Bonchev–Trinajstić information content (AvgIpc) is 2.81. The van der Waals surface area contributed by atoms with E-state index in [1.165, 1.54) is 0 Å². The number of benzene rings is 2. The van der Waals surface area contributed by atoms with E-state index in [1.807, 2.05) is 41.4 Å². The molecule has 0 aliphatic carbocycles.